The highest BCUT2D eigenvalue weighted by atomic mass is 35.5. The number of rotatable bonds is 4. The van der Waals surface area contributed by atoms with Gasteiger partial charge in [-0.15, -0.1) is 0 Å². The Morgan fingerprint density at radius 3 is 2.60 bits per heavy atom. The Morgan fingerprint density at radius 1 is 1.40 bits per heavy atom. The summed E-state index contributed by atoms with van der Waals surface area (Å²) in [6, 6.07) is 5.28. The van der Waals surface area contributed by atoms with E-state index in [-0.39, 0.29) is 10.8 Å². The van der Waals surface area contributed by atoms with Crippen molar-refractivity contribution in [1.29, 1.82) is 0 Å². The van der Waals surface area contributed by atoms with Crippen LogP contribution >= 0.6 is 11.6 Å². The first-order valence-electron chi connectivity index (χ1n) is 5.16. The predicted octanol–water partition coefficient (Wildman–Crippen LogP) is 3.27. The summed E-state index contributed by atoms with van der Waals surface area (Å²) in [4.78, 5) is 0. The topological polar surface area (TPSA) is 12.0 Å². The fourth-order valence-electron chi connectivity index (χ4n) is 1.61. The molecule has 0 radical (unpaired) electrons. The van der Waals surface area contributed by atoms with Gasteiger partial charge in [0.25, 0.3) is 0 Å². The zero-order valence-electron chi connectivity index (χ0n) is 9.35. The van der Waals surface area contributed by atoms with Gasteiger partial charge in [0, 0.05) is 6.04 Å². The molecule has 1 aromatic carbocycles. The Hall–Kier alpha value is -0.600. The third-order valence-corrected chi connectivity index (χ3v) is 3.07. The highest BCUT2D eigenvalue weighted by molar-refractivity contribution is 6.31. The van der Waals surface area contributed by atoms with Gasteiger partial charge in [0.15, 0.2) is 0 Å². The zero-order valence-corrected chi connectivity index (χ0v) is 10.1. The van der Waals surface area contributed by atoms with Gasteiger partial charge in [-0.3, -0.25) is 0 Å². The molecule has 0 bridgehead atoms. The maximum atomic E-state index is 13.2. The first kappa shape index (κ1) is 12.5. The van der Waals surface area contributed by atoms with Crippen LogP contribution in [0, 0.1) is 11.7 Å². The summed E-state index contributed by atoms with van der Waals surface area (Å²) in [6.45, 7) is 4.27. The molecule has 0 fully saturated rings. The van der Waals surface area contributed by atoms with Gasteiger partial charge in [-0.2, -0.15) is 0 Å². The van der Waals surface area contributed by atoms with E-state index in [4.69, 9.17) is 11.6 Å². The van der Waals surface area contributed by atoms with Crippen molar-refractivity contribution in [3.05, 3.63) is 34.6 Å². The predicted molar refractivity (Wildman–Crippen MR) is 62.8 cm³/mol. The molecule has 15 heavy (non-hydrogen) atoms. The Kier molecular flexibility index (Phi) is 4.55. The van der Waals surface area contributed by atoms with E-state index in [9.17, 15) is 4.39 Å². The molecule has 0 heterocycles. The third kappa shape index (κ3) is 3.18. The monoisotopic (exact) mass is 229 g/mol. The Morgan fingerprint density at radius 2 is 2.07 bits per heavy atom. The second-order valence-corrected chi connectivity index (χ2v) is 4.43. The lowest BCUT2D eigenvalue weighted by Crippen LogP contribution is -2.32. The Bertz CT molecular complexity index is 325. The van der Waals surface area contributed by atoms with Crippen molar-refractivity contribution in [1.82, 2.24) is 5.32 Å². The van der Waals surface area contributed by atoms with Crippen molar-refractivity contribution >= 4 is 11.6 Å². The van der Waals surface area contributed by atoms with Crippen LogP contribution in [0.4, 0.5) is 4.39 Å². The fourth-order valence-corrected chi connectivity index (χ4v) is 1.82. The Balaban J connectivity index is 2.84. The van der Waals surface area contributed by atoms with E-state index in [1.165, 1.54) is 6.07 Å². The lowest BCUT2D eigenvalue weighted by molar-refractivity contribution is 0.424. The molecule has 0 aliphatic heterocycles. The minimum absolute atomic E-state index is 0.249. The van der Waals surface area contributed by atoms with Crippen LogP contribution in [0.3, 0.4) is 0 Å². The molecule has 0 spiro atoms. The van der Waals surface area contributed by atoms with E-state index in [0.29, 0.717) is 12.0 Å². The highest BCUT2D eigenvalue weighted by Gasteiger charge is 2.14. The molecule has 0 saturated heterocycles. The maximum Gasteiger partial charge on any atom is 0.142 e. The van der Waals surface area contributed by atoms with Crippen LogP contribution < -0.4 is 5.32 Å². The SMILES string of the molecule is CNC(Cc1cccc(F)c1Cl)C(C)C. The van der Waals surface area contributed by atoms with Crippen LogP contribution in [-0.4, -0.2) is 13.1 Å². The average molecular weight is 230 g/mol. The molecule has 0 aliphatic rings. The Labute approximate surface area is 95.6 Å². The first-order chi connectivity index (χ1) is 7.06. The molecule has 1 aromatic rings. The molecule has 84 valence electrons. The van der Waals surface area contributed by atoms with Crippen LogP contribution in [0.5, 0.6) is 0 Å². The zero-order chi connectivity index (χ0) is 11.4. The number of likely N-dealkylation sites (N-methyl/N-ethyl adjacent to an activating group) is 1. The number of halogens is 2. The summed E-state index contributed by atoms with van der Waals surface area (Å²) in [5, 5.41) is 3.46. The molecule has 1 N–H and O–H groups in total. The van der Waals surface area contributed by atoms with Gasteiger partial charge in [-0.1, -0.05) is 37.6 Å². The minimum atomic E-state index is -0.340. The molecule has 0 amide bonds. The van der Waals surface area contributed by atoms with E-state index in [0.717, 1.165) is 12.0 Å². The van der Waals surface area contributed by atoms with Crippen molar-refractivity contribution in [2.75, 3.05) is 7.05 Å². The van der Waals surface area contributed by atoms with E-state index < -0.39 is 0 Å². The molecule has 0 aliphatic carbocycles. The fraction of sp³-hybridized carbons (Fsp3) is 0.500. The quantitative estimate of drug-likeness (QED) is 0.836. The summed E-state index contributed by atoms with van der Waals surface area (Å²) >= 11 is 5.90. The smallest absolute Gasteiger partial charge is 0.142 e. The van der Waals surface area contributed by atoms with E-state index in [1.807, 2.05) is 13.1 Å². The van der Waals surface area contributed by atoms with Gasteiger partial charge in [0.2, 0.25) is 0 Å². The summed E-state index contributed by atoms with van der Waals surface area (Å²) in [7, 11) is 1.91. The van der Waals surface area contributed by atoms with Gasteiger partial charge < -0.3 is 5.32 Å². The molecule has 3 heteroatoms. The first-order valence-corrected chi connectivity index (χ1v) is 5.54. The van der Waals surface area contributed by atoms with Gasteiger partial charge in [-0.25, -0.2) is 4.39 Å². The van der Waals surface area contributed by atoms with Gasteiger partial charge >= 0.3 is 0 Å². The molecule has 1 rings (SSSR count). The lowest BCUT2D eigenvalue weighted by Gasteiger charge is -2.20. The number of hydrogen-bond acceptors (Lipinski definition) is 1. The molecule has 1 nitrogen and oxygen atoms in total. The van der Waals surface area contributed by atoms with Crippen molar-refractivity contribution in [2.45, 2.75) is 26.3 Å². The molecular formula is C12H17ClFN. The van der Waals surface area contributed by atoms with E-state index >= 15 is 0 Å². The number of hydrogen-bond donors (Lipinski definition) is 1. The molecule has 1 unspecified atom stereocenters. The lowest BCUT2D eigenvalue weighted by atomic mass is 9.96. The minimum Gasteiger partial charge on any atom is -0.316 e. The summed E-state index contributed by atoms with van der Waals surface area (Å²) in [5.74, 6) is 0.155. The second-order valence-electron chi connectivity index (χ2n) is 4.06. The van der Waals surface area contributed by atoms with Crippen molar-refractivity contribution in [3.8, 4) is 0 Å². The maximum absolute atomic E-state index is 13.2. The van der Waals surface area contributed by atoms with Gasteiger partial charge in [0.1, 0.15) is 5.82 Å². The van der Waals surface area contributed by atoms with Gasteiger partial charge in [-0.05, 0) is 31.0 Å². The molecule has 0 saturated carbocycles. The van der Waals surface area contributed by atoms with Crippen molar-refractivity contribution in [3.63, 3.8) is 0 Å². The van der Waals surface area contributed by atoms with E-state index in [2.05, 4.69) is 19.2 Å². The van der Waals surface area contributed by atoms with Crippen LogP contribution in [0.25, 0.3) is 0 Å². The van der Waals surface area contributed by atoms with Crippen molar-refractivity contribution < 1.29 is 4.39 Å². The number of benzene rings is 1. The van der Waals surface area contributed by atoms with E-state index in [1.54, 1.807) is 6.07 Å². The third-order valence-electron chi connectivity index (χ3n) is 2.65. The number of nitrogens with one attached hydrogen (secondary N) is 1. The largest absolute Gasteiger partial charge is 0.316 e. The molecule has 1 atom stereocenters. The van der Waals surface area contributed by atoms with Gasteiger partial charge in [0.05, 0.1) is 5.02 Å². The molecule has 0 aromatic heterocycles. The second kappa shape index (κ2) is 5.47. The summed E-state index contributed by atoms with van der Waals surface area (Å²) in [6.07, 6.45) is 0.755. The van der Waals surface area contributed by atoms with Crippen LogP contribution in [-0.2, 0) is 6.42 Å². The summed E-state index contributed by atoms with van der Waals surface area (Å²) in [5.41, 5.74) is 0.865. The van der Waals surface area contributed by atoms with Crippen LogP contribution in [0.1, 0.15) is 19.4 Å². The van der Waals surface area contributed by atoms with Crippen molar-refractivity contribution in [2.24, 2.45) is 5.92 Å². The highest BCUT2D eigenvalue weighted by Crippen LogP contribution is 2.22. The molecular weight excluding hydrogens is 213 g/mol. The standard InChI is InChI=1S/C12H17ClFN/c1-8(2)11(15-3)7-9-5-4-6-10(14)12(9)13/h4-6,8,11,15H,7H2,1-3H3. The average Bonchev–Trinajstić information content (AvgIpc) is 2.19. The van der Waals surface area contributed by atoms with Crippen LogP contribution in [0.2, 0.25) is 5.02 Å². The summed E-state index contributed by atoms with van der Waals surface area (Å²) < 4.78 is 13.2. The van der Waals surface area contributed by atoms with Crippen LogP contribution in [0.15, 0.2) is 18.2 Å². The normalized spacial score (nSPS) is 13.2.